The Bertz CT molecular complexity index is 452. The van der Waals surface area contributed by atoms with Gasteiger partial charge in [-0.2, -0.15) is 0 Å². The van der Waals surface area contributed by atoms with E-state index in [9.17, 15) is 4.79 Å². The van der Waals surface area contributed by atoms with Gasteiger partial charge in [0.15, 0.2) is 0 Å². The molecule has 0 aromatic carbocycles. The van der Waals surface area contributed by atoms with Gasteiger partial charge in [0.25, 0.3) is 0 Å². The van der Waals surface area contributed by atoms with E-state index in [0.717, 1.165) is 35.6 Å². The molecule has 0 spiro atoms. The van der Waals surface area contributed by atoms with Gasteiger partial charge in [-0.05, 0) is 30.2 Å². The molecule has 1 saturated carbocycles. The molecule has 0 bridgehead atoms. The fourth-order valence-electron chi connectivity index (χ4n) is 2.67. The van der Waals surface area contributed by atoms with Crippen molar-refractivity contribution in [3.8, 4) is 0 Å². The second-order valence-corrected chi connectivity index (χ2v) is 6.20. The summed E-state index contributed by atoms with van der Waals surface area (Å²) in [6, 6.07) is 3.84. The van der Waals surface area contributed by atoms with Crippen LogP contribution in [0, 0.1) is 11.8 Å². The van der Waals surface area contributed by atoms with Gasteiger partial charge in [-0.15, -0.1) is 11.8 Å². The molecule has 5 heteroatoms. The maximum Gasteiger partial charge on any atom is 0.321 e. The molecule has 0 radical (unpaired) electrons. The van der Waals surface area contributed by atoms with E-state index in [4.69, 9.17) is 0 Å². The first-order valence-electron chi connectivity index (χ1n) is 6.82. The van der Waals surface area contributed by atoms with Crippen molar-refractivity contribution in [3.63, 3.8) is 0 Å². The van der Waals surface area contributed by atoms with E-state index in [2.05, 4.69) is 10.3 Å². The van der Waals surface area contributed by atoms with Gasteiger partial charge in [-0.1, -0.05) is 19.3 Å². The third-order valence-corrected chi connectivity index (χ3v) is 4.87. The van der Waals surface area contributed by atoms with Crippen LogP contribution in [-0.2, 0) is 0 Å². The van der Waals surface area contributed by atoms with Gasteiger partial charge in [0.1, 0.15) is 0 Å². The Kier molecular flexibility index (Phi) is 3.64. The predicted octanol–water partition coefficient (Wildman–Crippen LogP) is 3.07. The van der Waals surface area contributed by atoms with Crippen molar-refractivity contribution in [1.82, 2.24) is 9.88 Å². The number of hydrogen-bond acceptors (Lipinski definition) is 3. The van der Waals surface area contributed by atoms with Crippen molar-refractivity contribution in [2.24, 2.45) is 11.8 Å². The standard InChI is InChI=1S/C14H19N3OS/c1-19-13-6-5-12(7-15-13)16-14(18)17-8-11(9-17)10-3-2-4-10/h5-7,10-11H,2-4,8-9H2,1H3,(H,16,18). The molecule has 19 heavy (non-hydrogen) atoms. The smallest absolute Gasteiger partial charge is 0.321 e. The topological polar surface area (TPSA) is 45.2 Å². The number of carbonyl (C=O) groups is 1. The van der Waals surface area contributed by atoms with Crippen molar-refractivity contribution >= 4 is 23.5 Å². The Labute approximate surface area is 118 Å². The largest absolute Gasteiger partial charge is 0.324 e. The second-order valence-electron chi connectivity index (χ2n) is 5.38. The highest BCUT2D eigenvalue weighted by Gasteiger charge is 2.38. The molecule has 2 heterocycles. The first kappa shape index (κ1) is 12.8. The van der Waals surface area contributed by atoms with Crippen LogP contribution in [0.2, 0.25) is 0 Å². The Hall–Kier alpha value is -1.23. The van der Waals surface area contributed by atoms with E-state index in [-0.39, 0.29) is 6.03 Å². The van der Waals surface area contributed by atoms with Crippen LogP contribution in [-0.4, -0.2) is 35.3 Å². The van der Waals surface area contributed by atoms with Gasteiger partial charge in [0, 0.05) is 13.1 Å². The van der Waals surface area contributed by atoms with Crippen molar-refractivity contribution in [2.45, 2.75) is 24.3 Å². The summed E-state index contributed by atoms with van der Waals surface area (Å²) in [5, 5.41) is 3.87. The quantitative estimate of drug-likeness (QED) is 0.864. The lowest BCUT2D eigenvalue weighted by atomic mass is 9.73. The molecule has 1 aromatic rings. The Morgan fingerprint density at radius 2 is 2.16 bits per heavy atom. The zero-order valence-corrected chi connectivity index (χ0v) is 11.9. The Morgan fingerprint density at radius 3 is 2.68 bits per heavy atom. The molecule has 3 rings (SSSR count). The minimum atomic E-state index is 0.00859. The Balaban J connectivity index is 1.48. The summed E-state index contributed by atoms with van der Waals surface area (Å²) in [7, 11) is 0. The van der Waals surface area contributed by atoms with Gasteiger partial charge in [0.2, 0.25) is 0 Å². The van der Waals surface area contributed by atoms with E-state index in [1.807, 2.05) is 23.3 Å². The second kappa shape index (κ2) is 5.41. The Morgan fingerprint density at radius 1 is 1.37 bits per heavy atom. The third-order valence-electron chi connectivity index (χ3n) is 4.21. The molecule has 1 aliphatic carbocycles. The highest BCUT2D eigenvalue weighted by molar-refractivity contribution is 7.98. The first-order valence-corrected chi connectivity index (χ1v) is 8.04. The van der Waals surface area contributed by atoms with Crippen molar-refractivity contribution in [2.75, 3.05) is 24.7 Å². The first-order chi connectivity index (χ1) is 9.26. The highest BCUT2D eigenvalue weighted by Crippen LogP contribution is 2.38. The van der Waals surface area contributed by atoms with Crippen LogP contribution in [0.1, 0.15) is 19.3 Å². The third kappa shape index (κ3) is 2.71. The van der Waals surface area contributed by atoms with Crippen LogP contribution < -0.4 is 5.32 Å². The van der Waals surface area contributed by atoms with Crippen LogP contribution >= 0.6 is 11.8 Å². The number of urea groups is 1. The number of hydrogen-bond donors (Lipinski definition) is 1. The molecule has 1 aromatic heterocycles. The minimum absolute atomic E-state index is 0.00859. The van der Waals surface area contributed by atoms with Gasteiger partial charge in [-0.3, -0.25) is 0 Å². The maximum atomic E-state index is 12.0. The number of rotatable bonds is 3. The predicted molar refractivity (Wildman–Crippen MR) is 77.4 cm³/mol. The summed E-state index contributed by atoms with van der Waals surface area (Å²) in [5.74, 6) is 1.63. The molecule has 102 valence electrons. The average Bonchev–Trinajstić information content (AvgIpc) is 2.31. The van der Waals surface area contributed by atoms with Gasteiger partial charge in [-0.25, -0.2) is 9.78 Å². The summed E-state index contributed by atoms with van der Waals surface area (Å²) >= 11 is 1.60. The number of nitrogens with zero attached hydrogens (tertiary/aromatic N) is 2. The molecule has 1 N–H and O–H groups in total. The summed E-state index contributed by atoms with van der Waals surface area (Å²) in [4.78, 5) is 18.1. The van der Waals surface area contributed by atoms with Crippen molar-refractivity contribution in [1.29, 1.82) is 0 Å². The molecule has 2 aliphatic rings. The lowest BCUT2D eigenvalue weighted by molar-refractivity contribution is 0.0569. The average molecular weight is 277 g/mol. The zero-order valence-electron chi connectivity index (χ0n) is 11.1. The number of aromatic nitrogens is 1. The minimum Gasteiger partial charge on any atom is -0.324 e. The van der Waals surface area contributed by atoms with E-state index in [0.29, 0.717) is 0 Å². The normalized spacial score (nSPS) is 19.7. The number of anilines is 1. The van der Waals surface area contributed by atoms with Crippen LogP contribution in [0.15, 0.2) is 23.4 Å². The van der Waals surface area contributed by atoms with Crippen LogP contribution in [0.25, 0.3) is 0 Å². The number of likely N-dealkylation sites (tertiary alicyclic amines) is 1. The number of thioether (sulfide) groups is 1. The van der Waals surface area contributed by atoms with Gasteiger partial charge < -0.3 is 10.2 Å². The fourth-order valence-corrected chi connectivity index (χ4v) is 3.03. The maximum absolute atomic E-state index is 12.0. The van der Waals surface area contributed by atoms with Gasteiger partial charge in [0.05, 0.1) is 16.9 Å². The number of pyridine rings is 1. The molecule has 0 unspecified atom stereocenters. The number of carbonyl (C=O) groups excluding carboxylic acids is 1. The van der Waals surface area contributed by atoms with Crippen LogP contribution in [0.3, 0.4) is 0 Å². The van der Waals surface area contributed by atoms with E-state index < -0.39 is 0 Å². The van der Waals surface area contributed by atoms with Crippen molar-refractivity contribution < 1.29 is 4.79 Å². The van der Waals surface area contributed by atoms with E-state index >= 15 is 0 Å². The van der Waals surface area contributed by atoms with Crippen LogP contribution in [0.4, 0.5) is 10.5 Å². The van der Waals surface area contributed by atoms with Crippen LogP contribution in [0.5, 0.6) is 0 Å². The summed E-state index contributed by atoms with van der Waals surface area (Å²) < 4.78 is 0. The summed E-state index contributed by atoms with van der Waals surface area (Å²) in [6.07, 6.45) is 7.80. The molecule has 1 aliphatic heterocycles. The van der Waals surface area contributed by atoms with Gasteiger partial charge >= 0.3 is 6.03 Å². The van der Waals surface area contributed by atoms with E-state index in [1.165, 1.54) is 19.3 Å². The monoisotopic (exact) mass is 277 g/mol. The number of amides is 2. The lowest BCUT2D eigenvalue weighted by Gasteiger charge is -2.46. The summed E-state index contributed by atoms with van der Waals surface area (Å²) in [5.41, 5.74) is 0.773. The molecule has 0 atom stereocenters. The number of nitrogens with one attached hydrogen (secondary N) is 1. The molecule has 2 fully saturated rings. The molecule has 2 amide bonds. The lowest BCUT2D eigenvalue weighted by Crippen LogP contribution is -2.55. The molecule has 1 saturated heterocycles. The molecular formula is C14H19N3OS. The highest BCUT2D eigenvalue weighted by atomic mass is 32.2. The zero-order chi connectivity index (χ0) is 13.2. The van der Waals surface area contributed by atoms with Crippen molar-refractivity contribution in [3.05, 3.63) is 18.3 Å². The SMILES string of the molecule is CSc1ccc(NC(=O)N2CC(C3CCC3)C2)cn1. The molecular weight excluding hydrogens is 258 g/mol. The molecule has 4 nitrogen and oxygen atoms in total. The van der Waals surface area contributed by atoms with E-state index in [1.54, 1.807) is 18.0 Å². The fraction of sp³-hybridized carbons (Fsp3) is 0.571. The summed E-state index contributed by atoms with van der Waals surface area (Å²) in [6.45, 7) is 1.85.